The van der Waals surface area contributed by atoms with Gasteiger partial charge in [-0.1, -0.05) is 29.8 Å². The molecule has 0 heterocycles. The molecular formula is C17H19ClN2O4S. The zero-order valence-electron chi connectivity index (χ0n) is 14.1. The number of benzene rings is 2. The summed E-state index contributed by atoms with van der Waals surface area (Å²) in [6.45, 7) is 1.51. The molecule has 8 heteroatoms. The maximum atomic E-state index is 12.6. The number of sulfonamides is 1. The van der Waals surface area contributed by atoms with E-state index in [1.54, 1.807) is 48.5 Å². The Labute approximate surface area is 152 Å². The quantitative estimate of drug-likeness (QED) is 0.832. The number of carbonyl (C=O) groups is 1. The molecule has 1 N–H and O–H groups in total. The van der Waals surface area contributed by atoms with Crippen molar-refractivity contribution in [1.29, 1.82) is 0 Å². The molecule has 0 aliphatic carbocycles. The van der Waals surface area contributed by atoms with E-state index >= 15 is 0 Å². The van der Waals surface area contributed by atoms with Crippen molar-refractivity contribution in [3.63, 3.8) is 0 Å². The molecule has 2 rings (SSSR count). The van der Waals surface area contributed by atoms with E-state index in [1.807, 2.05) is 0 Å². The number of ether oxygens (including phenoxy) is 1. The first kappa shape index (κ1) is 19.1. The maximum absolute atomic E-state index is 12.6. The molecule has 134 valence electrons. The minimum atomic E-state index is -3.71. The Hall–Kier alpha value is -2.25. The Morgan fingerprint density at radius 1 is 1.20 bits per heavy atom. The van der Waals surface area contributed by atoms with Crippen LogP contribution in [0.1, 0.15) is 6.92 Å². The zero-order chi connectivity index (χ0) is 18.6. The summed E-state index contributed by atoms with van der Waals surface area (Å²) in [7, 11) is -2.22. The molecule has 2 aromatic rings. The number of carbonyl (C=O) groups excluding carboxylic acids is 1. The lowest BCUT2D eigenvalue weighted by atomic mass is 10.2. The molecule has 2 aromatic carbocycles. The number of nitrogens with one attached hydrogen (secondary N) is 1. The van der Waals surface area contributed by atoms with Crippen molar-refractivity contribution < 1.29 is 17.9 Å². The van der Waals surface area contributed by atoms with Gasteiger partial charge in [-0.3, -0.25) is 9.10 Å². The third-order valence-electron chi connectivity index (χ3n) is 3.53. The average Bonchev–Trinajstić information content (AvgIpc) is 2.56. The van der Waals surface area contributed by atoms with E-state index in [9.17, 15) is 13.2 Å². The van der Waals surface area contributed by atoms with Gasteiger partial charge >= 0.3 is 0 Å². The van der Waals surface area contributed by atoms with Gasteiger partial charge in [0.15, 0.2) is 0 Å². The Balaban J connectivity index is 2.34. The number of halogens is 1. The summed E-state index contributed by atoms with van der Waals surface area (Å²) >= 11 is 6.04. The van der Waals surface area contributed by atoms with Gasteiger partial charge in [0.2, 0.25) is 15.9 Å². The van der Waals surface area contributed by atoms with Gasteiger partial charge in [-0.2, -0.15) is 0 Å². The lowest BCUT2D eigenvalue weighted by molar-refractivity contribution is -0.116. The fraction of sp³-hybridized carbons (Fsp3) is 0.235. The fourth-order valence-electron chi connectivity index (χ4n) is 2.36. The highest BCUT2D eigenvalue weighted by Gasteiger charge is 2.29. The molecule has 0 aromatic heterocycles. The van der Waals surface area contributed by atoms with Crippen LogP contribution in [0.15, 0.2) is 48.5 Å². The SMILES string of the molecule is COc1cccc(N([C@@H](C)C(=O)Nc2ccccc2Cl)S(C)(=O)=O)c1. The molecule has 0 radical (unpaired) electrons. The Kier molecular flexibility index (Phi) is 5.92. The molecule has 0 fully saturated rings. The predicted octanol–water partition coefficient (Wildman–Crippen LogP) is 3.14. The number of para-hydroxylation sites is 1. The summed E-state index contributed by atoms with van der Waals surface area (Å²) in [6.07, 6.45) is 1.05. The molecule has 0 saturated heterocycles. The van der Waals surface area contributed by atoms with Crippen LogP contribution in [0.4, 0.5) is 11.4 Å². The van der Waals surface area contributed by atoms with Crippen LogP contribution < -0.4 is 14.4 Å². The normalized spacial score (nSPS) is 12.3. The van der Waals surface area contributed by atoms with Crippen LogP contribution in [0, 0.1) is 0 Å². The zero-order valence-corrected chi connectivity index (χ0v) is 15.6. The predicted molar refractivity (Wildman–Crippen MR) is 99.9 cm³/mol. The molecule has 0 unspecified atom stereocenters. The van der Waals surface area contributed by atoms with Gasteiger partial charge in [-0.15, -0.1) is 0 Å². The van der Waals surface area contributed by atoms with E-state index in [4.69, 9.17) is 16.3 Å². The second kappa shape index (κ2) is 7.76. The van der Waals surface area contributed by atoms with E-state index in [1.165, 1.54) is 14.0 Å². The average molecular weight is 383 g/mol. The highest BCUT2D eigenvalue weighted by Crippen LogP contribution is 2.26. The number of anilines is 2. The van der Waals surface area contributed by atoms with Gasteiger partial charge < -0.3 is 10.1 Å². The summed E-state index contributed by atoms with van der Waals surface area (Å²) in [5.74, 6) is -0.00814. The smallest absolute Gasteiger partial charge is 0.248 e. The van der Waals surface area contributed by atoms with Crippen molar-refractivity contribution >= 4 is 38.9 Å². The number of amides is 1. The second-order valence-electron chi connectivity index (χ2n) is 5.41. The number of hydrogen-bond donors (Lipinski definition) is 1. The number of rotatable bonds is 6. The van der Waals surface area contributed by atoms with Crippen LogP contribution in [0.2, 0.25) is 5.02 Å². The summed E-state index contributed by atoms with van der Waals surface area (Å²) in [5, 5.41) is 3.02. The third-order valence-corrected chi connectivity index (χ3v) is 5.10. The van der Waals surface area contributed by atoms with Crippen molar-refractivity contribution in [1.82, 2.24) is 0 Å². The van der Waals surface area contributed by atoms with Crippen LogP contribution in [0.5, 0.6) is 5.75 Å². The Bertz CT molecular complexity index is 870. The molecule has 0 saturated carbocycles. The lowest BCUT2D eigenvalue weighted by Gasteiger charge is -2.28. The number of nitrogens with zero attached hydrogens (tertiary/aromatic N) is 1. The summed E-state index contributed by atoms with van der Waals surface area (Å²) < 4.78 is 30.7. The molecule has 25 heavy (non-hydrogen) atoms. The fourth-order valence-corrected chi connectivity index (χ4v) is 3.71. The standard InChI is InChI=1S/C17H19ClN2O4S/c1-12(17(21)19-16-10-5-4-9-15(16)18)20(25(3,22)23)13-7-6-8-14(11-13)24-2/h4-12H,1-3H3,(H,19,21)/t12-/m0/s1. The molecular weight excluding hydrogens is 364 g/mol. The van der Waals surface area contributed by atoms with E-state index in [-0.39, 0.29) is 0 Å². The van der Waals surface area contributed by atoms with Crippen molar-refractivity contribution in [2.24, 2.45) is 0 Å². The highest BCUT2D eigenvalue weighted by atomic mass is 35.5. The van der Waals surface area contributed by atoms with Gasteiger partial charge in [-0.05, 0) is 31.2 Å². The van der Waals surface area contributed by atoms with Crippen LogP contribution >= 0.6 is 11.6 Å². The molecule has 0 spiro atoms. The van der Waals surface area contributed by atoms with Gasteiger partial charge in [0, 0.05) is 6.07 Å². The molecule has 0 aliphatic rings. The molecule has 0 aliphatic heterocycles. The minimum Gasteiger partial charge on any atom is -0.497 e. The third kappa shape index (κ3) is 4.64. The van der Waals surface area contributed by atoms with Gasteiger partial charge in [-0.25, -0.2) is 8.42 Å². The Morgan fingerprint density at radius 2 is 1.88 bits per heavy atom. The summed E-state index contributed by atoms with van der Waals surface area (Å²) in [4.78, 5) is 12.6. The van der Waals surface area contributed by atoms with Crippen LogP contribution in [-0.4, -0.2) is 33.7 Å². The minimum absolute atomic E-state index is 0.337. The highest BCUT2D eigenvalue weighted by molar-refractivity contribution is 7.92. The van der Waals surface area contributed by atoms with Crippen LogP contribution in [-0.2, 0) is 14.8 Å². The number of methoxy groups -OCH3 is 1. The maximum Gasteiger partial charge on any atom is 0.248 e. The summed E-state index contributed by atoms with van der Waals surface area (Å²) in [6, 6.07) is 12.3. The molecule has 1 amide bonds. The van der Waals surface area contributed by atoms with Crippen molar-refractivity contribution in [3.8, 4) is 5.75 Å². The Morgan fingerprint density at radius 3 is 2.48 bits per heavy atom. The topological polar surface area (TPSA) is 75.7 Å². The van der Waals surface area contributed by atoms with E-state index in [2.05, 4.69) is 5.32 Å². The van der Waals surface area contributed by atoms with Gasteiger partial charge in [0.1, 0.15) is 11.8 Å². The van der Waals surface area contributed by atoms with Crippen molar-refractivity contribution in [3.05, 3.63) is 53.6 Å². The largest absolute Gasteiger partial charge is 0.497 e. The van der Waals surface area contributed by atoms with Gasteiger partial charge in [0.25, 0.3) is 0 Å². The number of hydrogen-bond acceptors (Lipinski definition) is 4. The van der Waals surface area contributed by atoms with E-state index < -0.39 is 22.0 Å². The first-order valence-corrected chi connectivity index (χ1v) is 9.65. The van der Waals surface area contributed by atoms with Gasteiger partial charge in [0.05, 0.1) is 29.8 Å². The molecule has 6 nitrogen and oxygen atoms in total. The monoisotopic (exact) mass is 382 g/mol. The van der Waals surface area contributed by atoms with E-state index in [0.29, 0.717) is 22.1 Å². The first-order chi connectivity index (χ1) is 11.7. The van der Waals surface area contributed by atoms with Crippen LogP contribution in [0.25, 0.3) is 0 Å². The van der Waals surface area contributed by atoms with E-state index in [0.717, 1.165) is 10.6 Å². The summed E-state index contributed by atoms with van der Waals surface area (Å²) in [5.41, 5.74) is 0.753. The molecule has 0 bridgehead atoms. The van der Waals surface area contributed by atoms with Crippen molar-refractivity contribution in [2.45, 2.75) is 13.0 Å². The van der Waals surface area contributed by atoms with Crippen molar-refractivity contribution in [2.75, 3.05) is 23.0 Å². The second-order valence-corrected chi connectivity index (χ2v) is 7.67. The first-order valence-electron chi connectivity index (χ1n) is 7.43. The lowest BCUT2D eigenvalue weighted by Crippen LogP contribution is -2.45. The van der Waals surface area contributed by atoms with Crippen LogP contribution in [0.3, 0.4) is 0 Å². The molecule has 1 atom stereocenters.